The van der Waals surface area contributed by atoms with Crippen molar-refractivity contribution >= 4 is 29.8 Å². The van der Waals surface area contributed by atoms with Crippen LogP contribution in [0.25, 0.3) is 0 Å². The van der Waals surface area contributed by atoms with Gasteiger partial charge in [-0.25, -0.2) is 4.79 Å². The molecular weight excluding hydrogens is 558 g/mol. The van der Waals surface area contributed by atoms with E-state index in [1.54, 1.807) is 12.2 Å². The zero-order valence-corrected chi connectivity index (χ0v) is 28.9. The van der Waals surface area contributed by atoms with Crippen molar-refractivity contribution in [3.8, 4) is 0 Å². The Balaban J connectivity index is 0.00000400. The van der Waals surface area contributed by atoms with Crippen LogP contribution < -0.4 is 91.2 Å². The summed E-state index contributed by atoms with van der Waals surface area (Å²) in [6.07, 6.45) is 5.57. The molecule has 5 atom stereocenters. The van der Waals surface area contributed by atoms with Crippen LogP contribution in [-0.4, -0.2) is 49.2 Å². The van der Waals surface area contributed by atoms with Crippen molar-refractivity contribution in [1.29, 1.82) is 0 Å². The molecule has 0 amide bonds. The number of aliphatic carboxylic acids is 2. The van der Waals surface area contributed by atoms with Gasteiger partial charge < -0.3 is 34.0 Å². The van der Waals surface area contributed by atoms with E-state index in [0.717, 1.165) is 5.57 Å². The van der Waals surface area contributed by atoms with E-state index < -0.39 is 48.2 Å². The molecule has 2 saturated carbocycles. The van der Waals surface area contributed by atoms with Gasteiger partial charge in [0.2, 0.25) is 0 Å². The van der Waals surface area contributed by atoms with Gasteiger partial charge in [-0.15, -0.1) is 0 Å². The Morgan fingerprint density at radius 1 is 1.07 bits per heavy atom. The van der Waals surface area contributed by atoms with Crippen LogP contribution in [0.1, 0.15) is 65.2 Å². The molecule has 3 rings (SSSR count). The number of allylic oxidation sites excluding steroid dienone is 2. The Kier molecular flexibility index (Phi) is 15.0. The van der Waals surface area contributed by atoms with Crippen LogP contribution in [-0.2, 0) is 38.2 Å². The summed E-state index contributed by atoms with van der Waals surface area (Å²) in [5.41, 5.74) is 0.252. The molecule has 1 aliphatic heterocycles. The average Bonchev–Trinajstić information content (AvgIpc) is 3.26. The van der Waals surface area contributed by atoms with Crippen LogP contribution >= 0.6 is 0 Å². The molecule has 12 heteroatoms. The van der Waals surface area contributed by atoms with E-state index in [-0.39, 0.29) is 130 Å². The van der Waals surface area contributed by atoms with E-state index in [1.165, 1.54) is 0 Å². The first-order valence-corrected chi connectivity index (χ1v) is 12.8. The second kappa shape index (κ2) is 16.2. The zero-order chi connectivity index (χ0) is 28.1. The summed E-state index contributed by atoms with van der Waals surface area (Å²) in [5.74, 6) is -4.71. The van der Waals surface area contributed by atoms with Crippen LogP contribution in [0.2, 0.25) is 0 Å². The van der Waals surface area contributed by atoms with E-state index in [1.807, 2.05) is 13.0 Å². The number of carbonyl (C=O) groups is 5. The molecule has 208 valence electrons. The number of rotatable bonds is 11. The third-order valence-corrected chi connectivity index (χ3v) is 8.28. The molecule has 0 saturated heterocycles. The van der Waals surface area contributed by atoms with E-state index in [4.69, 9.17) is 14.2 Å². The topological polar surface area (TPSA) is 159 Å². The molecule has 3 aliphatic rings. The third-order valence-electron chi connectivity index (χ3n) is 8.28. The molecule has 2 aliphatic carbocycles. The molecule has 0 aromatic heterocycles. The fourth-order valence-electron chi connectivity index (χ4n) is 6.29. The summed E-state index contributed by atoms with van der Waals surface area (Å²) in [5, 5.41) is 21.6. The first kappa shape index (κ1) is 37.2. The number of carboxylic acids is 2. The first-order valence-electron chi connectivity index (χ1n) is 12.8. The molecule has 0 aromatic rings. The van der Waals surface area contributed by atoms with Crippen LogP contribution in [0, 0.1) is 22.7 Å². The number of ether oxygens (including phenoxy) is 3. The summed E-state index contributed by atoms with van der Waals surface area (Å²) in [6.45, 7) is 8.40. The van der Waals surface area contributed by atoms with Crippen LogP contribution in [0.4, 0.5) is 0 Å². The van der Waals surface area contributed by atoms with Crippen molar-refractivity contribution in [2.24, 2.45) is 22.7 Å². The quantitative estimate of drug-likeness (QED) is 0.0984. The summed E-state index contributed by atoms with van der Waals surface area (Å²) in [4.78, 5) is 58.3. The molecule has 2 fully saturated rings. The monoisotopic (exact) mass is 592 g/mol. The maximum Gasteiger partial charge on any atom is 1.00 e. The summed E-state index contributed by atoms with van der Waals surface area (Å²) >= 11 is 0. The molecule has 0 aromatic carbocycles. The zero-order valence-electron chi connectivity index (χ0n) is 23.8. The Bertz CT molecular complexity index is 1070. The average molecular weight is 593 g/mol. The van der Waals surface area contributed by atoms with Gasteiger partial charge in [-0.1, -0.05) is 38.2 Å². The van der Waals surface area contributed by atoms with Gasteiger partial charge in [-0.05, 0) is 55.9 Å². The molecule has 10 nitrogen and oxygen atoms in total. The Morgan fingerprint density at radius 2 is 1.70 bits per heavy atom. The number of carboxylic acid groups (broad SMARTS) is 2. The van der Waals surface area contributed by atoms with Crippen molar-refractivity contribution in [2.75, 3.05) is 13.2 Å². The second-order valence-corrected chi connectivity index (χ2v) is 10.8. The fraction of sp³-hybridized carbons (Fsp3) is 0.607. The van der Waals surface area contributed by atoms with E-state index in [0.29, 0.717) is 31.3 Å². The number of fused-ring (bicyclic) bond motifs is 1. The van der Waals surface area contributed by atoms with Crippen LogP contribution in [0.15, 0.2) is 36.0 Å². The van der Waals surface area contributed by atoms with Gasteiger partial charge in [0.1, 0.15) is 19.3 Å². The third kappa shape index (κ3) is 9.10. The van der Waals surface area contributed by atoms with Crippen LogP contribution in [0.5, 0.6) is 0 Å². The van der Waals surface area contributed by atoms with Crippen molar-refractivity contribution in [2.45, 2.75) is 71.3 Å². The van der Waals surface area contributed by atoms with Crippen molar-refractivity contribution in [3.63, 3.8) is 0 Å². The van der Waals surface area contributed by atoms with Gasteiger partial charge >= 0.3 is 98.8 Å². The number of esters is 3. The maximum atomic E-state index is 12.5. The second-order valence-electron chi connectivity index (χ2n) is 10.8. The van der Waals surface area contributed by atoms with Crippen LogP contribution in [0.3, 0.4) is 0 Å². The van der Waals surface area contributed by atoms with E-state index in [9.17, 15) is 34.2 Å². The first-order chi connectivity index (χ1) is 17.9. The van der Waals surface area contributed by atoms with Gasteiger partial charge in [-0.2, -0.15) is 0 Å². The SMILES string of the molecule is C=C1CCC2C(C)(COC(=O)CCC(=O)[O-])C(OC(=O)CCC(=O)[O-])CCC2(C)C1/C=C/C1=CCOC1=O.[K+].[Na+]. The van der Waals surface area contributed by atoms with Gasteiger partial charge in [-0.3, -0.25) is 9.59 Å². The molecule has 0 radical (unpaired) electrons. The standard InChI is InChI=1S/C28H36O10.K.Na/c1-17-4-7-20-27(2,19(17)6-5-18-13-15-36-26(18)35)14-12-21(38-25(34)11-9-23(31)32)28(20,3)16-37-24(33)10-8-22(29)30;;/h5-6,13,19-21H,1,4,7-12,14-16H2,2-3H3,(H,29,30)(H,31,32);;/q;2*+1/p-2/b6-5+;;. The normalized spacial score (nSPS) is 29.2. The van der Waals surface area contributed by atoms with Gasteiger partial charge in [0.05, 0.1) is 18.4 Å². The Hall–Kier alpha value is -0.794. The predicted molar refractivity (Wildman–Crippen MR) is 128 cm³/mol. The molecule has 0 N–H and O–H groups in total. The molecule has 40 heavy (non-hydrogen) atoms. The number of cyclic esters (lactones) is 1. The number of carbonyl (C=O) groups excluding carboxylic acids is 5. The maximum absolute atomic E-state index is 12.5. The van der Waals surface area contributed by atoms with Crippen molar-refractivity contribution in [1.82, 2.24) is 0 Å². The Labute approximate surface area is 299 Å². The Morgan fingerprint density at radius 3 is 2.27 bits per heavy atom. The minimum atomic E-state index is -1.36. The molecule has 1 heterocycles. The molecule has 5 unspecified atom stereocenters. The minimum absolute atomic E-state index is 0. The number of hydrogen-bond donors (Lipinski definition) is 0. The molecular formula is C28H34KNaO10. The van der Waals surface area contributed by atoms with E-state index >= 15 is 0 Å². The fourth-order valence-corrected chi connectivity index (χ4v) is 6.29. The predicted octanol–water partition coefficient (Wildman–Crippen LogP) is -5.06. The van der Waals surface area contributed by atoms with Gasteiger partial charge in [0.25, 0.3) is 0 Å². The van der Waals surface area contributed by atoms with Gasteiger partial charge in [0, 0.05) is 23.3 Å². The smallest absolute Gasteiger partial charge is 0.550 e. The van der Waals surface area contributed by atoms with E-state index in [2.05, 4.69) is 13.5 Å². The van der Waals surface area contributed by atoms with Crippen molar-refractivity contribution in [3.05, 3.63) is 36.0 Å². The summed E-state index contributed by atoms with van der Waals surface area (Å²) < 4.78 is 16.3. The van der Waals surface area contributed by atoms with Crippen molar-refractivity contribution < 1.29 is 129 Å². The summed E-state index contributed by atoms with van der Waals surface area (Å²) in [6, 6.07) is 0. The van der Waals surface area contributed by atoms with Gasteiger partial charge in [0.15, 0.2) is 0 Å². The molecule has 0 bridgehead atoms. The largest absolute Gasteiger partial charge is 1.00 e. The molecule has 0 spiro atoms. The number of hydrogen-bond acceptors (Lipinski definition) is 10. The summed E-state index contributed by atoms with van der Waals surface area (Å²) in [7, 11) is 0. The minimum Gasteiger partial charge on any atom is -0.550 e.